The summed E-state index contributed by atoms with van der Waals surface area (Å²) in [6, 6.07) is 17.1. The zero-order chi connectivity index (χ0) is 21.1. The summed E-state index contributed by atoms with van der Waals surface area (Å²) in [5, 5.41) is 15.5. The standard InChI is InChI=1S/C24H23N3O3/c1-15-10-12-25-21(13-15)27-22(17-7-9-19(29-2)20(14-17)30-3)18-8-6-16-5-4-11-26-23(16)24(18)28/h4-14,22,28H,1-3H3,(H,25,27)/p+1/t22-/m1/s1. The van der Waals surface area contributed by atoms with Gasteiger partial charge in [-0.1, -0.05) is 18.2 Å². The molecule has 2 aromatic carbocycles. The molecule has 2 heterocycles. The number of benzene rings is 2. The van der Waals surface area contributed by atoms with Crippen LogP contribution in [0, 0.1) is 6.92 Å². The van der Waals surface area contributed by atoms with Crippen molar-refractivity contribution >= 4 is 16.7 Å². The minimum absolute atomic E-state index is 0.146. The number of nitrogens with one attached hydrogen (secondary N) is 2. The highest BCUT2D eigenvalue weighted by Gasteiger charge is 2.25. The molecule has 0 fully saturated rings. The minimum Gasteiger partial charge on any atom is -0.505 e. The van der Waals surface area contributed by atoms with E-state index in [4.69, 9.17) is 9.47 Å². The number of aryl methyl sites for hydroxylation is 1. The highest BCUT2D eigenvalue weighted by Crippen LogP contribution is 2.38. The highest BCUT2D eigenvalue weighted by atomic mass is 16.5. The zero-order valence-electron chi connectivity index (χ0n) is 17.1. The number of aromatic amines is 1. The van der Waals surface area contributed by atoms with Gasteiger partial charge in [0.1, 0.15) is 17.3 Å². The minimum atomic E-state index is -0.353. The number of phenolic OH excluding ortho intramolecular Hbond substituents is 1. The molecule has 0 saturated carbocycles. The third-order valence-electron chi connectivity index (χ3n) is 5.09. The molecule has 0 radical (unpaired) electrons. The number of methoxy groups -OCH3 is 2. The van der Waals surface area contributed by atoms with E-state index in [1.165, 1.54) is 0 Å². The Kier molecular flexibility index (Phi) is 5.39. The van der Waals surface area contributed by atoms with Gasteiger partial charge in [-0.2, -0.15) is 0 Å². The van der Waals surface area contributed by atoms with Crippen LogP contribution in [0.3, 0.4) is 0 Å². The lowest BCUT2D eigenvalue weighted by molar-refractivity contribution is -0.361. The average Bonchev–Trinajstić information content (AvgIpc) is 2.78. The van der Waals surface area contributed by atoms with Crippen molar-refractivity contribution in [3.63, 3.8) is 0 Å². The van der Waals surface area contributed by atoms with Gasteiger partial charge in [-0.15, -0.1) is 0 Å². The lowest BCUT2D eigenvalue weighted by Crippen LogP contribution is -2.19. The first-order valence-corrected chi connectivity index (χ1v) is 9.64. The Balaban J connectivity index is 1.87. The predicted molar refractivity (Wildman–Crippen MR) is 116 cm³/mol. The van der Waals surface area contributed by atoms with E-state index in [2.05, 4.69) is 15.3 Å². The Hall–Kier alpha value is -3.80. The number of nitrogens with zero attached hydrogens (tertiary/aromatic N) is 1. The van der Waals surface area contributed by atoms with Crippen molar-refractivity contribution < 1.29 is 19.6 Å². The number of anilines is 1. The lowest BCUT2D eigenvalue weighted by atomic mass is 9.95. The van der Waals surface area contributed by atoms with Crippen molar-refractivity contribution in [1.29, 1.82) is 0 Å². The molecule has 3 N–H and O–H groups in total. The SMILES string of the molecule is COc1ccc([C@@H](Nc2cc(C)cc[nH+]2)c2ccc3cccnc3c2O)cc1OC. The number of pyridine rings is 2. The third kappa shape index (κ3) is 3.72. The normalized spacial score (nSPS) is 11.8. The fraction of sp³-hybridized carbons (Fsp3) is 0.167. The number of aromatic nitrogens is 2. The van der Waals surface area contributed by atoms with E-state index in [1.807, 2.05) is 67.7 Å². The molecule has 0 saturated heterocycles. The summed E-state index contributed by atoms with van der Waals surface area (Å²) < 4.78 is 10.9. The number of phenols is 1. The second-order valence-electron chi connectivity index (χ2n) is 7.05. The van der Waals surface area contributed by atoms with Gasteiger partial charge in [0, 0.05) is 28.8 Å². The predicted octanol–water partition coefficient (Wildman–Crippen LogP) is 4.28. The van der Waals surface area contributed by atoms with Gasteiger partial charge in [0.15, 0.2) is 11.5 Å². The molecule has 6 heteroatoms. The van der Waals surface area contributed by atoms with Crippen molar-refractivity contribution in [3.05, 3.63) is 83.7 Å². The number of aromatic hydroxyl groups is 1. The Morgan fingerprint density at radius 1 is 1.00 bits per heavy atom. The van der Waals surface area contributed by atoms with Crippen LogP contribution in [0.15, 0.2) is 67.0 Å². The molecule has 0 amide bonds. The summed E-state index contributed by atoms with van der Waals surface area (Å²) in [7, 11) is 3.21. The molecule has 0 aliphatic carbocycles. The van der Waals surface area contributed by atoms with E-state index >= 15 is 0 Å². The maximum atomic E-state index is 11.1. The summed E-state index contributed by atoms with van der Waals surface area (Å²) in [5.41, 5.74) is 3.30. The van der Waals surface area contributed by atoms with Crippen molar-refractivity contribution in [2.75, 3.05) is 19.5 Å². The summed E-state index contributed by atoms with van der Waals surface area (Å²) in [5.74, 6) is 2.24. The van der Waals surface area contributed by atoms with Gasteiger partial charge >= 0.3 is 0 Å². The molecule has 0 unspecified atom stereocenters. The molecule has 4 rings (SSSR count). The van der Waals surface area contributed by atoms with Gasteiger partial charge in [-0.05, 0) is 42.8 Å². The molecule has 152 valence electrons. The molecule has 0 bridgehead atoms. The molecule has 0 aliphatic rings. The Morgan fingerprint density at radius 2 is 1.83 bits per heavy atom. The Morgan fingerprint density at radius 3 is 2.60 bits per heavy atom. The van der Waals surface area contributed by atoms with Crippen LogP contribution < -0.4 is 19.8 Å². The maximum absolute atomic E-state index is 11.1. The smallest absolute Gasteiger partial charge is 0.273 e. The first-order valence-electron chi connectivity index (χ1n) is 9.64. The second kappa shape index (κ2) is 8.29. The Bertz CT molecular complexity index is 1190. The second-order valence-corrected chi connectivity index (χ2v) is 7.05. The molecular weight excluding hydrogens is 378 g/mol. The van der Waals surface area contributed by atoms with Crippen LogP contribution in [0.4, 0.5) is 5.82 Å². The number of H-pyrrole nitrogens is 1. The van der Waals surface area contributed by atoms with E-state index in [1.54, 1.807) is 20.4 Å². The van der Waals surface area contributed by atoms with Crippen LogP contribution in [-0.2, 0) is 0 Å². The Labute approximate surface area is 175 Å². The summed E-state index contributed by atoms with van der Waals surface area (Å²) in [4.78, 5) is 7.59. The van der Waals surface area contributed by atoms with E-state index in [-0.39, 0.29) is 11.8 Å². The zero-order valence-corrected chi connectivity index (χ0v) is 17.1. The van der Waals surface area contributed by atoms with Gasteiger partial charge in [-0.3, -0.25) is 10.3 Å². The van der Waals surface area contributed by atoms with Gasteiger partial charge in [0.2, 0.25) is 0 Å². The van der Waals surface area contributed by atoms with Crippen LogP contribution in [0.25, 0.3) is 10.9 Å². The topological polar surface area (TPSA) is 77.8 Å². The number of fused-ring (bicyclic) bond motifs is 1. The van der Waals surface area contributed by atoms with E-state index < -0.39 is 0 Å². The van der Waals surface area contributed by atoms with Crippen molar-refractivity contribution in [1.82, 2.24) is 4.98 Å². The lowest BCUT2D eigenvalue weighted by Gasteiger charge is -2.19. The first kappa shape index (κ1) is 19.5. The first-order chi connectivity index (χ1) is 14.6. The van der Waals surface area contributed by atoms with Crippen molar-refractivity contribution in [2.24, 2.45) is 0 Å². The summed E-state index contributed by atoms with van der Waals surface area (Å²) >= 11 is 0. The molecule has 4 aromatic rings. The van der Waals surface area contributed by atoms with E-state index in [0.717, 1.165) is 22.3 Å². The van der Waals surface area contributed by atoms with Gasteiger partial charge in [-0.25, -0.2) is 4.98 Å². The third-order valence-corrected chi connectivity index (χ3v) is 5.09. The van der Waals surface area contributed by atoms with E-state index in [0.29, 0.717) is 22.6 Å². The number of ether oxygens (including phenoxy) is 2. The summed E-state index contributed by atoms with van der Waals surface area (Å²) in [6.45, 7) is 2.03. The highest BCUT2D eigenvalue weighted by molar-refractivity contribution is 5.86. The number of hydrogen-bond donors (Lipinski definition) is 2. The molecule has 30 heavy (non-hydrogen) atoms. The fourth-order valence-corrected chi connectivity index (χ4v) is 3.57. The fourth-order valence-electron chi connectivity index (χ4n) is 3.57. The van der Waals surface area contributed by atoms with Crippen LogP contribution in [0.2, 0.25) is 0 Å². The van der Waals surface area contributed by atoms with Gasteiger partial charge in [0.05, 0.1) is 20.4 Å². The van der Waals surface area contributed by atoms with Gasteiger partial charge in [0.25, 0.3) is 5.82 Å². The number of rotatable bonds is 6. The van der Waals surface area contributed by atoms with Crippen LogP contribution >= 0.6 is 0 Å². The van der Waals surface area contributed by atoms with E-state index in [9.17, 15) is 5.11 Å². The van der Waals surface area contributed by atoms with Crippen molar-refractivity contribution in [2.45, 2.75) is 13.0 Å². The van der Waals surface area contributed by atoms with Crippen molar-refractivity contribution in [3.8, 4) is 17.2 Å². The quantitative estimate of drug-likeness (QED) is 0.503. The molecule has 0 spiro atoms. The average molecular weight is 402 g/mol. The molecule has 1 atom stereocenters. The monoisotopic (exact) mass is 402 g/mol. The molecule has 6 nitrogen and oxygen atoms in total. The summed E-state index contributed by atoms with van der Waals surface area (Å²) in [6.07, 6.45) is 3.56. The van der Waals surface area contributed by atoms with Crippen LogP contribution in [-0.4, -0.2) is 24.3 Å². The van der Waals surface area contributed by atoms with Crippen LogP contribution in [0.5, 0.6) is 17.2 Å². The molecule has 2 aromatic heterocycles. The maximum Gasteiger partial charge on any atom is 0.273 e. The number of hydrogen-bond acceptors (Lipinski definition) is 5. The molecule has 0 aliphatic heterocycles. The van der Waals surface area contributed by atoms with Gasteiger partial charge < -0.3 is 14.6 Å². The van der Waals surface area contributed by atoms with Crippen LogP contribution in [0.1, 0.15) is 22.7 Å². The largest absolute Gasteiger partial charge is 0.505 e. The molecular formula is C24H24N3O3+.